The van der Waals surface area contributed by atoms with E-state index in [4.69, 9.17) is 44.4 Å². The van der Waals surface area contributed by atoms with E-state index in [2.05, 4.69) is 21.3 Å². The second kappa shape index (κ2) is 25.3. The smallest absolute Gasteiger partial charge is 0.349 e. The van der Waals surface area contributed by atoms with Gasteiger partial charge in [0.15, 0.2) is 17.8 Å². The number of nitrogens with one attached hydrogen (secondary N) is 4. The van der Waals surface area contributed by atoms with E-state index in [0.717, 1.165) is 6.07 Å². The summed E-state index contributed by atoms with van der Waals surface area (Å²) in [6.07, 6.45) is -21.1. The molecule has 10 unspecified atom stereocenters. The molecule has 4 aliphatic heterocycles. The van der Waals surface area contributed by atoms with Crippen molar-refractivity contribution >= 4 is 75.8 Å². The number of fused-ring (bicyclic) bond motifs is 7. The number of anilines is 1. The first kappa shape index (κ1) is 61.6. The van der Waals surface area contributed by atoms with Crippen LogP contribution < -0.4 is 41.1 Å². The van der Waals surface area contributed by atoms with Crippen LogP contribution in [0.4, 0.5) is 5.69 Å². The highest BCUT2D eigenvalue weighted by Crippen LogP contribution is 2.57. The third-order valence-corrected chi connectivity index (χ3v) is 14.6. The number of carbonyl (C=O) groups excluding carboxylic acids is 5. The van der Waals surface area contributed by atoms with Crippen molar-refractivity contribution in [3.63, 3.8) is 0 Å². The average molecular weight is 1220 g/mol. The van der Waals surface area contributed by atoms with E-state index in [1.807, 2.05) is 0 Å². The van der Waals surface area contributed by atoms with Crippen LogP contribution in [-0.2, 0) is 48.6 Å². The second-order valence-corrected chi connectivity index (χ2v) is 20.5. The number of benzene rings is 4. The number of rotatable bonds is 21. The number of halogens is 1. The lowest BCUT2D eigenvalue weighted by Crippen LogP contribution is -2.61. The number of ether oxygens (including phenoxy) is 6. The zero-order valence-electron chi connectivity index (χ0n) is 44.3. The molecule has 31 heteroatoms. The standard InChI is InChI=1S/C55H53ClN4O26/c56-30-16-21-15-26(51(78)83-33(21)20-32(30)61)47(72)57-13-1-2-14-58-48(73)31(9-12-38(64)65)60-37(63)11-10-36(62)59-22-3-6-27-25(17-22)52(79)86-55(27)28-7-4-23(80-53-43(70)39(66)41(68)45(84-53)49(74)75)18-34(28)82-35-19-24(5-8-29(35)55)81-54-44(71)40(67)42(69)46(85-54)50(76)77/h3-8,15-20,31,39-46,53-54,61,66-71H,1-2,9-14H2,(H,57,72)(H,58,73)(H,59,62)(H,60,63)(H,64,65)(H,74,75)(H,76,77)/t31-,39?,40?,41?,42?,43?,44?,45?,46?,53?,54?,55?/m0/s1. The van der Waals surface area contributed by atoms with Crippen molar-refractivity contribution in [2.24, 2.45) is 0 Å². The fourth-order valence-electron chi connectivity index (χ4n) is 9.90. The SMILES string of the molecule is O=C(O)CC[C@H](NC(=O)CCC(=O)Nc1ccc2c(c1)C(=O)OC21c2ccc(OC3OC(C(=O)O)C(O)C(O)C3O)cc2Oc2cc(OC3OC(C(=O)O)C(O)C(O)C3O)ccc21)C(=O)NCCCCNC(=O)c1cc2cc(Cl)c(O)cc2oc1=O. The van der Waals surface area contributed by atoms with Crippen molar-refractivity contribution in [3.05, 3.63) is 116 Å². The highest BCUT2D eigenvalue weighted by molar-refractivity contribution is 6.32. The van der Waals surface area contributed by atoms with Gasteiger partial charge in [0.1, 0.15) is 82.6 Å². The van der Waals surface area contributed by atoms with Crippen LogP contribution >= 0.6 is 11.6 Å². The molecule has 4 aromatic carbocycles. The van der Waals surface area contributed by atoms with Crippen molar-refractivity contribution in [2.45, 2.75) is 112 Å². The third kappa shape index (κ3) is 12.7. The maximum atomic E-state index is 14.1. The first-order valence-corrected chi connectivity index (χ1v) is 26.6. The molecule has 86 heavy (non-hydrogen) atoms. The summed E-state index contributed by atoms with van der Waals surface area (Å²) in [5.74, 6) is -9.52. The van der Waals surface area contributed by atoms with Crippen molar-refractivity contribution in [2.75, 3.05) is 18.4 Å². The summed E-state index contributed by atoms with van der Waals surface area (Å²) in [6.45, 7) is 0.0955. The van der Waals surface area contributed by atoms with Gasteiger partial charge in [0.2, 0.25) is 30.3 Å². The number of hydrogen-bond acceptors (Lipinski definition) is 23. The number of phenolic OH excluding ortho intramolecular Hbond substituents is 1. The Morgan fingerprint density at radius 3 is 1.77 bits per heavy atom. The van der Waals surface area contributed by atoms with Gasteiger partial charge in [-0.05, 0) is 67.8 Å². The second-order valence-electron chi connectivity index (χ2n) is 20.1. The first-order valence-electron chi connectivity index (χ1n) is 26.2. The predicted octanol–water partition coefficient (Wildman–Crippen LogP) is -0.343. The Morgan fingerprint density at radius 1 is 0.640 bits per heavy atom. The summed E-state index contributed by atoms with van der Waals surface area (Å²) in [5.41, 5.74) is -2.81. The lowest BCUT2D eigenvalue weighted by molar-refractivity contribution is -0.271. The Hall–Kier alpha value is -8.98. The first-order chi connectivity index (χ1) is 40.8. The van der Waals surface area contributed by atoms with E-state index < -0.39 is 145 Å². The minimum atomic E-state index is -2.04. The summed E-state index contributed by atoms with van der Waals surface area (Å²) >= 11 is 5.93. The van der Waals surface area contributed by atoms with E-state index in [9.17, 15) is 94.2 Å². The minimum Gasteiger partial charge on any atom is -0.506 e. The maximum absolute atomic E-state index is 14.1. The van der Waals surface area contributed by atoms with Gasteiger partial charge in [0.25, 0.3) is 5.91 Å². The number of carboxylic acids is 3. The zero-order chi connectivity index (χ0) is 62.1. The molecule has 0 bridgehead atoms. The van der Waals surface area contributed by atoms with Gasteiger partial charge >= 0.3 is 29.5 Å². The molecule has 0 saturated carbocycles. The fraction of sp³-hybridized carbons (Fsp3) is 0.364. The van der Waals surface area contributed by atoms with E-state index in [1.165, 1.54) is 66.7 Å². The maximum Gasteiger partial charge on any atom is 0.349 e. The average Bonchev–Trinajstić information content (AvgIpc) is 1.45. The van der Waals surface area contributed by atoms with Crippen molar-refractivity contribution in [1.82, 2.24) is 16.0 Å². The molecule has 11 atom stereocenters. The summed E-state index contributed by atoms with van der Waals surface area (Å²) in [6, 6.07) is 14.3. The number of unbranched alkanes of at least 4 members (excludes halogenated alkanes) is 1. The lowest BCUT2D eigenvalue weighted by Gasteiger charge is -2.39. The van der Waals surface area contributed by atoms with Crippen LogP contribution in [0.15, 0.2) is 82.0 Å². The van der Waals surface area contributed by atoms with E-state index in [-0.39, 0.29) is 92.4 Å². The number of carboxylic acid groups (broad SMARTS) is 3. The number of aliphatic carboxylic acids is 3. The monoisotopic (exact) mass is 1220 g/mol. The molecule has 5 aromatic rings. The summed E-state index contributed by atoms with van der Waals surface area (Å²) in [5, 5.41) is 111. The van der Waals surface area contributed by atoms with Gasteiger partial charge in [-0.2, -0.15) is 0 Å². The molecule has 14 N–H and O–H groups in total. The number of hydrogen-bond donors (Lipinski definition) is 14. The molecule has 30 nitrogen and oxygen atoms in total. The molecule has 0 radical (unpaired) electrons. The Labute approximate surface area is 487 Å². The molecule has 1 aromatic heterocycles. The van der Waals surface area contributed by atoms with Gasteiger partial charge in [-0.25, -0.2) is 19.2 Å². The van der Waals surface area contributed by atoms with Crippen LogP contribution in [-0.4, -0.2) is 179 Å². The third-order valence-electron chi connectivity index (χ3n) is 14.3. The van der Waals surface area contributed by atoms with Crippen LogP contribution in [0.25, 0.3) is 11.0 Å². The number of aliphatic hydroxyl groups is 6. The molecule has 4 aliphatic rings. The quantitative estimate of drug-likeness (QED) is 0.0254. The van der Waals surface area contributed by atoms with Crippen molar-refractivity contribution in [1.29, 1.82) is 0 Å². The summed E-state index contributed by atoms with van der Waals surface area (Å²) in [4.78, 5) is 114. The van der Waals surface area contributed by atoms with Gasteiger partial charge in [0.05, 0.1) is 10.6 Å². The molecule has 4 amide bonds. The molecular weight excluding hydrogens is 1170 g/mol. The minimum absolute atomic E-state index is 0.0134. The lowest BCUT2D eigenvalue weighted by atomic mass is 9.77. The van der Waals surface area contributed by atoms with E-state index in [1.54, 1.807) is 0 Å². The number of aliphatic hydroxyl groups excluding tert-OH is 6. The zero-order valence-corrected chi connectivity index (χ0v) is 45.1. The molecule has 1 spiro atoms. The predicted molar refractivity (Wildman–Crippen MR) is 285 cm³/mol. The number of aromatic hydroxyl groups is 1. The number of carbonyl (C=O) groups is 8. The molecule has 5 heterocycles. The number of phenols is 1. The summed E-state index contributed by atoms with van der Waals surface area (Å²) < 4.78 is 39.7. The fourth-order valence-corrected chi connectivity index (χ4v) is 10.1. The number of amides is 4. The van der Waals surface area contributed by atoms with Crippen LogP contribution in [0.5, 0.6) is 28.7 Å². The van der Waals surface area contributed by atoms with Gasteiger partial charge in [0, 0.05) is 78.3 Å². The largest absolute Gasteiger partial charge is 0.506 e. The van der Waals surface area contributed by atoms with E-state index in [0.29, 0.717) is 18.2 Å². The highest BCUT2D eigenvalue weighted by Gasteiger charge is 2.55. The molecule has 9 rings (SSSR count). The highest BCUT2D eigenvalue weighted by atomic mass is 35.5. The normalized spacial score (nSPS) is 24.8. The molecule has 0 aliphatic carbocycles. The Kier molecular flexibility index (Phi) is 18.1. The van der Waals surface area contributed by atoms with Crippen LogP contribution in [0, 0.1) is 0 Å². The van der Waals surface area contributed by atoms with Gasteiger partial charge < -0.3 is 105 Å². The van der Waals surface area contributed by atoms with Gasteiger partial charge in [-0.1, -0.05) is 17.7 Å². The summed E-state index contributed by atoms with van der Waals surface area (Å²) in [7, 11) is 0. The molecule has 2 fully saturated rings. The van der Waals surface area contributed by atoms with Gasteiger partial charge in [-0.3, -0.25) is 24.0 Å². The van der Waals surface area contributed by atoms with Crippen molar-refractivity contribution in [3.8, 4) is 28.7 Å². The van der Waals surface area contributed by atoms with Crippen LogP contribution in [0.1, 0.15) is 75.9 Å². The van der Waals surface area contributed by atoms with Crippen molar-refractivity contribution < 1.29 is 122 Å². The topological polar surface area (TPSA) is 473 Å². The van der Waals surface area contributed by atoms with Gasteiger partial charge in [-0.15, -0.1) is 0 Å². The van der Waals surface area contributed by atoms with Crippen LogP contribution in [0.2, 0.25) is 5.02 Å². The molecular formula is C55H53ClN4O26. The Bertz CT molecular complexity index is 3500. The molecule has 2 saturated heterocycles. The Morgan fingerprint density at radius 2 is 1.20 bits per heavy atom. The number of esters is 1. The van der Waals surface area contributed by atoms with E-state index >= 15 is 0 Å². The molecule has 456 valence electrons. The van der Waals surface area contributed by atoms with Crippen LogP contribution in [0.3, 0.4) is 0 Å². The Balaban J connectivity index is 0.861.